The number of allylic oxidation sites excluding steroid dienone is 11. The van der Waals surface area contributed by atoms with Gasteiger partial charge in [-0.3, -0.25) is 4.79 Å². The summed E-state index contributed by atoms with van der Waals surface area (Å²) < 4.78 is 0. The maximum atomic E-state index is 11.7. The summed E-state index contributed by atoms with van der Waals surface area (Å²) >= 11 is 0. The molecule has 8 nitrogen and oxygen atoms in total. The summed E-state index contributed by atoms with van der Waals surface area (Å²) in [4.78, 5) is 26.8. The van der Waals surface area contributed by atoms with E-state index in [1.165, 1.54) is 0 Å². The van der Waals surface area contributed by atoms with E-state index in [-0.39, 0.29) is 24.0 Å². The third-order valence-electron chi connectivity index (χ3n) is 9.57. The van der Waals surface area contributed by atoms with Gasteiger partial charge < -0.3 is 20.6 Å². The molecule has 8 bridgehead atoms. The molecular weight excluding hydrogens is 528 g/mol. The molecule has 218 valence electrons. The average Bonchev–Trinajstić information content (AvgIpc) is 3.68. The number of aliphatic carboxylic acids is 1. The Morgan fingerprint density at radius 1 is 1.00 bits per heavy atom. The van der Waals surface area contributed by atoms with Gasteiger partial charge in [0.05, 0.1) is 40.3 Å². The Bertz CT molecular complexity index is 1710. The van der Waals surface area contributed by atoms with Crippen molar-refractivity contribution in [2.45, 2.75) is 80.3 Å². The van der Waals surface area contributed by atoms with Gasteiger partial charge in [0, 0.05) is 52.8 Å². The van der Waals surface area contributed by atoms with E-state index in [1.54, 1.807) is 6.92 Å². The van der Waals surface area contributed by atoms with Gasteiger partial charge in [0.15, 0.2) is 0 Å². The van der Waals surface area contributed by atoms with Crippen molar-refractivity contribution in [2.75, 3.05) is 0 Å². The Kier molecular flexibility index (Phi) is 6.72. The highest BCUT2D eigenvalue weighted by Gasteiger charge is 2.42. The van der Waals surface area contributed by atoms with Gasteiger partial charge in [0.2, 0.25) is 0 Å². The van der Waals surface area contributed by atoms with E-state index in [0.29, 0.717) is 18.5 Å². The molecule has 0 saturated carbocycles. The molecule has 0 radical (unpaired) electrons. The lowest BCUT2D eigenvalue weighted by atomic mass is 9.85. The minimum atomic E-state index is -0.835. The molecule has 0 aromatic rings. The monoisotopic (exact) mass is 566 g/mol. The van der Waals surface area contributed by atoms with Crippen LogP contribution in [0.3, 0.4) is 0 Å². The number of hydrogen-bond acceptors (Lipinski definition) is 7. The molecule has 6 rings (SSSR count). The van der Waals surface area contributed by atoms with E-state index in [0.717, 1.165) is 90.9 Å². The zero-order valence-corrected chi connectivity index (χ0v) is 25.3. The molecule has 1 fully saturated rings. The Morgan fingerprint density at radius 3 is 2.40 bits per heavy atom. The van der Waals surface area contributed by atoms with Gasteiger partial charge in [0.1, 0.15) is 5.76 Å². The lowest BCUT2D eigenvalue weighted by Crippen LogP contribution is -2.16. The van der Waals surface area contributed by atoms with Crippen molar-refractivity contribution in [3.63, 3.8) is 0 Å². The number of nitrogens with zero attached hydrogens (tertiary/aromatic N) is 3. The number of carboxylic acid groups (broad SMARTS) is 1. The quantitative estimate of drug-likeness (QED) is 0.311. The number of carbonyl (C=O) groups is 1. The summed E-state index contributed by atoms with van der Waals surface area (Å²) in [5.41, 5.74) is 14.0. The molecule has 0 aromatic carbocycles. The zero-order chi connectivity index (χ0) is 30.2. The van der Waals surface area contributed by atoms with Crippen molar-refractivity contribution >= 4 is 23.1 Å². The van der Waals surface area contributed by atoms with Crippen LogP contribution in [-0.4, -0.2) is 44.5 Å². The normalized spacial score (nSPS) is 25.9. The third kappa shape index (κ3) is 4.15. The number of aliphatic hydroxyl groups is 2. The molecule has 3 atom stereocenters. The average molecular weight is 567 g/mol. The summed E-state index contributed by atoms with van der Waals surface area (Å²) in [5.74, 6) is -0.651. The van der Waals surface area contributed by atoms with Crippen LogP contribution in [0.1, 0.15) is 74.1 Å². The van der Waals surface area contributed by atoms with Crippen LogP contribution in [0.5, 0.6) is 0 Å². The first kappa shape index (κ1) is 28.1. The van der Waals surface area contributed by atoms with Crippen molar-refractivity contribution in [1.29, 1.82) is 0 Å². The van der Waals surface area contributed by atoms with Crippen LogP contribution in [0.15, 0.2) is 106 Å². The maximum Gasteiger partial charge on any atom is 0.303 e. The van der Waals surface area contributed by atoms with Crippen LogP contribution < -0.4 is 5.32 Å². The van der Waals surface area contributed by atoms with Crippen LogP contribution in [0.25, 0.3) is 0 Å². The molecule has 42 heavy (non-hydrogen) atoms. The molecule has 8 heteroatoms. The first-order valence-corrected chi connectivity index (χ1v) is 14.8. The van der Waals surface area contributed by atoms with Gasteiger partial charge in [-0.05, 0) is 87.5 Å². The lowest BCUT2D eigenvalue weighted by Gasteiger charge is -2.17. The van der Waals surface area contributed by atoms with Gasteiger partial charge in [-0.15, -0.1) is 0 Å². The van der Waals surface area contributed by atoms with E-state index in [9.17, 15) is 20.1 Å². The minimum Gasteiger partial charge on any atom is -0.511 e. The summed E-state index contributed by atoms with van der Waals surface area (Å²) in [6.07, 6.45) is 4.90. The second kappa shape index (κ2) is 10.1. The number of aliphatic hydroxyl groups excluding tert-OH is 2. The molecule has 6 aliphatic rings. The summed E-state index contributed by atoms with van der Waals surface area (Å²) in [5, 5.41) is 35.3. The molecule has 0 amide bonds. The second-order valence-corrected chi connectivity index (χ2v) is 12.0. The number of nitrogens with one attached hydrogen (secondary N) is 1. The Hall–Kier alpha value is -4.04. The minimum absolute atomic E-state index is 0.0115. The highest BCUT2D eigenvalue weighted by molar-refractivity contribution is 6.21. The molecule has 4 N–H and O–H groups in total. The van der Waals surface area contributed by atoms with Gasteiger partial charge in [-0.25, -0.2) is 15.0 Å². The third-order valence-corrected chi connectivity index (χ3v) is 9.57. The van der Waals surface area contributed by atoms with Crippen molar-refractivity contribution in [3.05, 3.63) is 91.0 Å². The van der Waals surface area contributed by atoms with Crippen molar-refractivity contribution in [2.24, 2.45) is 26.8 Å². The van der Waals surface area contributed by atoms with E-state index >= 15 is 0 Å². The Labute approximate surface area is 246 Å². The molecule has 1 saturated heterocycles. The zero-order valence-electron chi connectivity index (χ0n) is 25.3. The fourth-order valence-electron chi connectivity index (χ4n) is 7.36. The first-order valence-electron chi connectivity index (χ1n) is 14.8. The van der Waals surface area contributed by atoms with Crippen LogP contribution in [0.4, 0.5) is 0 Å². The van der Waals surface area contributed by atoms with Crippen LogP contribution in [0, 0.1) is 11.8 Å². The molecule has 0 aromatic heterocycles. The van der Waals surface area contributed by atoms with Gasteiger partial charge in [0.25, 0.3) is 0 Å². The number of rotatable bonds is 5. The first-order chi connectivity index (χ1) is 19.9. The van der Waals surface area contributed by atoms with E-state index in [2.05, 4.69) is 26.1 Å². The molecular formula is C34H38N4O4. The smallest absolute Gasteiger partial charge is 0.303 e. The predicted molar refractivity (Wildman–Crippen MR) is 165 cm³/mol. The molecule has 5 heterocycles. The molecule has 0 spiro atoms. The van der Waals surface area contributed by atoms with Gasteiger partial charge in [-0.1, -0.05) is 13.8 Å². The van der Waals surface area contributed by atoms with Gasteiger partial charge in [-0.2, -0.15) is 0 Å². The van der Waals surface area contributed by atoms with Crippen LogP contribution >= 0.6 is 0 Å². The van der Waals surface area contributed by atoms with Crippen molar-refractivity contribution < 1.29 is 20.1 Å². The highest BCUT2D eigenvalue weighted by Crippen LogP contribution is 2.47. The number of aliphatic imine (C=N–C) groups is 3. The number of carboxylic acids is 1. The summed E-state index contributed by atoms with van der Waals surface area (Å²) in [6.45, 7) is 14.1. The van der Waals surface area contributed by atoms with E-state index < -0.39 is 12.1 Å². The Morgan fingerprint density at radius 2 is 1.74 bits per heavy atom. The maximum absolute atomic E-state index is 11.7. The largest absolute Gasteiger partial charge is 0.511 e. The highest BCUT2D eigenvalue weighted by atomic mass is 16.4. The van der Waals surface area contributed by atoms with Crippen LogP contribution in [-0.2, 0) is 4.79 Å². The molecule has 1 aliphatic carbocycles. The second-order valence-electron chi connectivity index (χ2n) is 12.0. The van der Waals surface area contributed by atoms with Gasteiger partial charge >= 0.3 is 5.97 Å². The topological polar surface area (TPSA) is 127 Å². The number of fused-ring (bicyclic) bond motifs is 5. The van der Waals surface area contributed by atoms with E-state index in [4.69, 9.17) is 15.0 Å². The summed E-state index contributed by atoms with van der Waals surface area (Å²) in [6, 6.07) is 0. The molecule has 5 aliphatic heterocycles. The molecule has 0 unspecified atom stereocenters. The Balaban J connectivity index is 1.65. The summed E-state index contributed by atoms with van der Waals surface area (Å²) in [7, 11) is 0. The van der Waals surface area contributed by atoms with Crippen molar-refractivity contribution in [1.82, 2.24) is 5.32 Å². The van der Waals surface area contributed by atoms with E-state index in [1.807, 2.05) is 32.9 Å². The lowest BCUT2D eigenvalue weighted by molar-refractivity contribution is -0.137. The van der Waals surface area contributed by atoms with Crippen LogP contribution in [0.2, 0.25) is 0 Å². The van der Waals surface area contributed by atoms with Crippen molar-refractivity contribution in [3.8, 4) is 0 Å². The fourth-order valence-corrected chi connectivity index (χ4v) is 7.36. The predicted octanol–water partition coefficient (Wildman–Crippen LogP) is 6.29. The fraction of sp³-hybridized carbons (Fsp3) is 0.412. The standard InChI is InChI=1S/C34H38N4O4/c1-8-20-14(2)23-13-26-29(19(7)39)17(5)32(37-26)18(6)31-15(3)21(9-10-28(41)42)33(38-31)22-11-27(40)30-16(4)24(36-34(22)30)12-25(20)35-23/h12-13,15,19,21,38-40H,8-11H2,1-7H3,(H,41,42)/t15-,19+,21-/m0/s1. The number of hydrogen-bond donors (Lipinski definition) is 4. The SMILES string of the molecule is CCC1=C(C)C2=NC1=CC1=C(C)C3=C(O)CC(=C4NC(=C(C)C5=NC(=C2)C([C@@H](C)O)=C5C)[C@@H](C)[C@@H]4CCC(=O)O)C3=N1.